The standard InChI is InChI=1S/C21H17ClN2O4S/c1-27-18-6-8-19(9-7-18)29(25,26)24-20-10-5-17(22)13-15(20)3-4-16-14-23-12-11-21(16)28-2/h5-14,24H,1-2H3. The minimum Gasteiger partial charge on any atom is -0.497 e. The second-order valence-electron chi connectivity index (χ2n) is 5.80. The van der Waals surface area contributed by atoms with Crippen LogP contribution in [0.25, 0.3) is 0 Å². The number of ether oxygens (including phenoxy) is 2. The summed E-state index contributed by atoms with van der Waals surface area (Å²) in [7, 11) is -0.775. The summed E-state index contributed by atoms with van der Waals surface area (Å²) in [6.45, 7) is 0. The first-order chi connectivity index (χ1) is 13.9. The number of pyridine rings is 1. The Morgan fingerprint density at radius 2 is 1.69 bits per heavy atom. The first-order valence-corrected chi connectivity index (χ1v) is 10.3. The maximum absolute atomic E-state index is 12.7. The largest absolute Gasteiger partial charge is 0.497 e. The van der Waals surface area contributed by atoms with E-state index in [-0.39, 0.29) is 4.90 Å². The minimum atomic E-state index is -3.82. The Morgan fingerprint density at radius 1 is 0.966 bits per heavy atom. The predicted molar refractivity (Wildman–Crippen MR) is 112 cm³/mol. The van der Waals surface area contributed by atoms with E-state index in [0.29, 0.717) is 33.3 Å². The molecule has 0 saturated carbocycles. The van der Waals surface area contributed by atoms with Crippen LogP contribution in [-0.4, -0.2) is 27.6 Å². The Kier molecular flexibility index (Phi) is 6.27. The molecule has 1 N–H and O–H groups in total. The summed E-state index contributed by atoms with van der Waals surface area (Å²) < 4.78 is 38.4. The molecule has 0 atom stereocenters. The van der Waals surface area contributed by atoms with Crippen molar-refractivity contribution < 1.29 is 17.9 Å². The summed E-state index contributed by atoms with van der Waals surface area (Å²) in [5.74, 6) is 7.00. The van der Waals surface area contributed by atoms with E-state index in [4.69, 9.17) is 21.1 Å². The topological polar surface area (TPSA) is 77.5 Å². The highest BCUT2D eigenvalue weighted by atomic mass is 35.5. The third-order valence-electron chi connectivity index (χ3n) is 3.93. The summed E-state index contributed by atoms with van der Waals surface area (Å²) in [6, 6.07) is 12.5. The molecule has 0 bridgehead atoms. The molecule has 1 aromatic heterocycles. The van der Waals surface area contributed by atoms with Crippen molar-refractivity contribution in [3.05, 3.63) is 77.1 Å². The molecule has 0 radical (unpaired) electrons. The van der Waals surface area contributed by atoms with Gasteiger partial charge in [0.2, 0.25) is 0 Å². The van der Waals surface area contributed by atoms with Gasteiger partial charge in [0.1, 0.15) is 11.5 Å². The van der Waals surface area contributed by atoms with Gasteiger partial charge >= 0.3 is 0 Å². The number of aromatic nitrogens is 1. The summed E-state index contributed by atoms with van der Waals surface area (Å²) >= 11 is 6.08. The van der Waals surface area contributed by atoms with Crippen molar-refractivity contribution in [3.8, 4) is 23.3 Å². The van der Waals surface area contributed by atoms with Crippen LogP contribution in [0.2, 0.25) is 5.02 Å². The molecule has 0 aliphatic carbocycles. The fourth-order valence-corrected chi connectivity index (χ4v) is 3.71. The molecule has 2 aromatic carbocycles. The highest BCUT2D eigenvalue weighted by Crippen LogP contribution is 2.24. The van der Waals surface area contributed by atoms with Crippen LogP contribution in [0.1, 0.15) is 11.1 Å². The number of hydrogen-bond acceptors (Lipinski definition) is 5. The highest BCUT2D eigenvalue weighted by molar-refractivity contribution is 7.92. The van der Waals surface area contributed by atoms with E-state index >= 15 is 0 Å². The van der Waals surface area contributed by atoms with Gasteiger partial charge in [-0.2, -0.15) is 0 Å². The molecule has 0 fully saturated rings. The lowest BCUT2D eigenvalue weighted by Crippen LogP contribution is -2.13. The molecule has 8 heteroatoms. The van der Waals surface area contributed by atoms with E-state index in [0.717, 1.165) is 0 Å². The van der Waals surface area contributed by atoms with Gasteiger partial charge in [-0.3, -0.25) is 9.71 Å². The van der Waals surface area contributed by atoms with Crippen molar-refractivity contribution in [1.82, 2.24) is 4.98 Å². The quantitative estimate of drug-likeness (QED) is 0.622. The van der Waals surface area contributed by atoms with E-state index in [2.05, 4.69) is 21.5 Å². The second-order valence-corrected chi connectivity index (χ2v) is 7.92. The SMILES string of the molecule is COc1ccc(S(=O)(=O)Nc2ccc(Cl)cc2C#Cc2cnccc2OC)cc1. The number of halogens is 1. The van der Waals surface area contributed by atoms with Crippen LogP contribution < -0.4 is 14.2 Å². The van der Waals surface area contributed by atoms with E-state index in [1.165, 1.54) is 26.4 Å². The lowest BCUT2D eigenvalue weighted by atomic mass is 10.1. The van der Waals surface area contributed by atoms with Crippen LogP contribution in [0.5, 0.6) is 11.5 Å². The molecule has 0 saturated heterocycles. The molecule has 0 spiro atoms. The number of methoxy groups -OCH3 is 2. The smallest absolute Gasteiger partial charge is 0.261 e. The van der Waals surface area contributed by atoms with E-state index in [1.54, 1.807) is 48.8 Å². The molecule has 6 nitrogen and oxygen atoms in total. The van der Waals surface area contributed by atoms with Crippen LogP contribution in [-0.2, 0) is 10.0 Å². The monoisotopic (exact) mass is 428 g/mol. The van der Waals surface area contributed by atoms with Gasteiger partial charge in [0.05, 0.1) is 35.9 Å². The second kappa shape index (κ2) is 8.86. The van der Waals surface area contributed by atoms with Gasteiger partial charge in [-0.25, -0.2) is 8.42 Å². The molecule has 29 heavy (non-hydrogen) atoms. The van der Waals surface area contributed by atoms with Crippen molar-refractivity contribution in [1.29, 1.82) is 0 Å². The maximum atomic E-state index is 12.7. The van der Waals surface area contributed by atoms with Gasteiger partial charge in [-0.1, -0.05) is 23.4 Å². The zero-order chi connectivity index (χ0) is 20.9. The lowest BCUT2D eigenvalue weighted by molar-refractivity contribution is 0.413. The molecule has 0 amide bonds. The minimum absolute atomic E-state index is 0.0982. The first-order valence-electron chi connectivity index (χ1n) is 8.39. The van der Waals surface area contributed by atoms with Gasteiger partial charge in [0.15, 0.2) is 0 Å². The normalized spacial score (nSPS) is 10.6. The van der Waals surface area contributed by atoms with Crippen molar-refractivity contribution in [2.45, 2.75) is 4.90 Å². The zero-order valence-electron chi connectivity index (χ0n) is 15.6. The summed E-state index contributed by atoms with van der Waals surface area (Å²) in [5.41, 5.74) is 1.29. The molecular formula is C21H17ClN2O4S. The average molecular weight is 429 g/mol. The molecule has 0 aliphatic rings. The van der Waals surface area contributed by atoms with Crippen LogP contribution in [0.3, 0.4) is 0 Å². The summed E-state index contributed by atoms with van der Waals surface area (Å²) in [4.78, 5) is 4.13. The van der Waals surface area contributed by atoms with Crippen LogP contribution in [0.4, 0.5) is 5.69 Å². The molecule has 3 aromatic rings. The van der Waals surface area contributed by atoms with Crippen molar-refractivity contribution >= 4 is 27.3 Å². The Hall–Kier alpha value is -3.21. The summed E-state index contributed by atoms with van der Waals surface area (Å²) in [6.07, 6.45) is 3.16. The Balaban J connectivity index is 1.96. The number of anilines is 1. The Labute approximate surface area is 174 Å². The van der Waals surface area contributed by atoms with Gasteiger partial charge in [-0.05, 0) is 48.5 Å². The highest BCUT2D eigenvalue weighted by Gasteiger charge is 2.16. The molecule has 0 unspecified atom stereocenters. The number of hydrogen-bond donors (Lipinski definition) is 1. The van der Waals surface area contributed by atoms with Crippen molar-refractivity contribution in [2.24, 2.45) is 0 Å². The van der Waals surface area contributed by atoms with Gasteiger partial charge < -0.3 is 9.47 Å². The van der Waals surface area contributed by atoms with Crippen LogP contribution in [0.15, 0.2) is 65.8 Å². The zero-order valence-corrected chi connectivity index (χ0v) is 17.2. The molecule has 0 aliphatic heterocycles. The van der Waals surface area contributed by atoms with Crippen molar-refractivity contribution in [3.63, 3.8) is 0 Å². The number of nitrogens with one attached hydrogen (secondary N) is 1. The van der Waals surface area contributed by atoms with E-state index in [9.17, 15) is 8.42 Å². The summed E-state index contributed by atoms with van der Waals surface area (Å²) in [5, 5.41) is 0.430. The van der Waals surface area contributed by atoms with Crippen molar-refractivity contribution in [2.75, 3.05) is 18.9 Å². The predicted octanol–water partition coefficient (Wildman–Crippen LogP) is 3.95. The Bertz CT molecular complexity index is 1180. The lowest BCUT2D eigenvalue weighted by Gasteiger charge is -2.11. The van der Waals surface area contributed by atoms with Gasteiger partial charge in [-0.15, -0.1) is 0 Å². The number of sulfonamides is 1. The number of rotatable bonds is 5. The van der Waals surface area contributed by atoms with E-state index in [1.807, 2.05) is 0 Å². The number of nitrogens with zero attached hydrogens (tertiary/aromatic N) is 1. The molecule has 1 heterocycles. The first kappa shape index (κ1) is 20.5. The molecular weight excluding hydrogens is 412 g/mol. The van der Waals surface area contributed by atoms with Gasteiger partial charge in [0, 0.05) is 17.4 Å². The molecule has 148 valence electrons. The van der Waals surface area contributed by atoms with E-state index < -0.39 is 10.0 Å². The average Bonchev–Trinajstić information content (AvgIpc) is 2.74. The number of benzene rings is 2. The van der Waals surface area contributed by atoms with Crippen LogP contribution in [0, 0.1) is 11.8 Å². The Morgan fingerprint density at radius 3 is 2.38 bits per heavy atom. The third-order valence-corrected chi connectivity index (χ3v) is 5.55. The molecule has 3 rings (SSSR count). The van der Waals surface area contributed by atoms with Crippen LogP contribution >= 0.6 is 11.6 Å². The fourth-order valence-electron chi connectivity index (χ4n) is 2.46. The third kappa shape index (κ3) is 4.99. The maximum Gasteiger partial charge on any atom is 0.261 e. The van der Waals surface area contributed by atoms with Gasteiger partial charge in [0.25, 0.3) is 10.0 Å². The fraction of sp³-hybridized carbons (Fsp3) is 0.0952.